The summed E-state index contributed by atoms with van der Waals surface area (Å²) in [6.07, 6.45) is 1.44. The Morgan fingerprint density at radius 2 is 2.33 bits per heavy atom. The first-order valence-electron chi connectivity index (χ1n) is 5.14. The average Bonchev–Trinajstić information content (AvgIpc) is 2.65. The number of rotatable bonds is 4. The Balaban J connectivity index is 2.66. The summed E-state index contributed by atoms with van der Waals surface area (Å²) in [4.78, 5) is 11.7. The van der Waals surface area contributed by atoms with E-state index in [-0.39, 0.29) is 5.91 Å². The minimum absolute atomic E-state index is 0.209. The van der Waals surface area contributed by atoms with Gasteiger partial charge in [-0.25, -0.2) is 0 Å². The van der Waals surface area contributed by atoms with Crippen molar-refractivity contribution in [2.45, 2.75) is 39.2 Å². The van der Waals surface area contributed by atoms with Crippen molar-refractivity contribution in [1.82, 2.24) is 10.2 Å². The van der Waals surface area contributed by atoms with E-state index in [4.69, 9.17) is 5.73 Å². The molecular weight excluding hydrogens is 192 g/mol. The van der Waals surface area contributed by atoms with Gasteiger partial charge in [0.15, 0.2) is 5.82 Å². The Kier molecular flexibility index (Phi) is 3.47. The van der Waals surface area contributed by atoms with Gasteiger partial charge in [0.1, 0.15) is 0 Å². The molecule has 84 valence electrons. The molecular formula is C10H18N4O. The van der Waals surface area contributed by atoms with E-state index in [1.165, 1.54) is 0 Å². The summed E-state index contributed by atoms with van der Waals surface area (Å²) in [5.74, 6) is 0.320. The third kappa shape index (κ3) is 2.79. The smallest absolute Gasteiger partial charge is 0.245 e. The maximum absolute atomic E-state index is 11.7. The highest BCUT2D eigenvalue weighted by Crippen LogP contribution is 2.11. The van der Waals surface area contributed by atoms with Gasteiger partial charge in [-0.2, -0.15) is 5.10 Å². The molecule has 0 spiro atoms. The predicted octanol–water partition coefficient (Wildman–Crippen LogP) is 1.04. The molecule has 1 atom stereocenters. The van der Waals surface area contributed by atoms with Crippen molar-refractivity contribution in [3.63, 3.8) is 0 Å². The van der Waals surface area contributed by atoms with Gasteiger partial charge in [0, 0.05) is 11.8 Å². The number of carbonyl (C=O) groups excluding carboxylic acids is 1. The van der Waals surface area contributed by atoms with Gasteiger partial charge in [-0.1, -0.05) is 13.8 Å². The zero-order valence-electron chi connectivity index (χ0n) is 9.42. The van der Waals surface area contributed by atoms with Crippen LogP contribution in [-0.4, -0.2) is 21.6 Å². The molecule has 0 bridgehead atoms. The molecule has 4 N–H and O–H groups in total. The Hall–Kier alpha value is -1.36. The summed E-state index contributed by atoms with van der Waals surface area (Å²) in [5.41, 5.74) is 5.94. The third-order valence-electron chi connectivity index (χ3n) is 2.51. The summed E-state index contributed by atoms with van der Waals surface area (Å²) >= 11 is 0. The van der Waals surface area contributed by atoms with E-state index in [1.54, 1.807) is 6.92 Å². The molecule has 1 unspecified atom stereocenters. The van der Waals surface area contributed by atoms with Crippen LogP contribution in [0.3, 0.4) is 0 Å². The standard InChI is InChI=1S/C10H18N4O/c1-4-7-6-8(14-13-7)12-9(15)10(3,11)5-2/h6H,4-5,11H2,1-3H3,(H2,12,13,14,15). The van der Waals surface area contributed by atoms with Gasteiger partial charge in [0.2, 0.25) is 5.91 Å². The normalized spacial score (nSPS) is 14.7. The molecule has 1 heterocycles. The van der Waals surface area contributed by atoms with E-state index in [1.807, 2.05) is 19.9 Å². The number of H-pyrrole nitrogens is 1. The zero-order valence-corrected chi connectivity index (χ0v) is 9.42. The van der Waals surface area contributed by atoms with Crippen LogP contribution in [0.4, 0.5) is 5.82 Å². The van der Waals surface area contributed by atoms with Crippen LogP contribution >= 0.6 is 0 Å². The molecule has 5 heteroatoms. The van der Waals surface area contributed by atoms with Crippen LogP contribution in [0.15, 0.2) is 6.07 Å². The van der Waals surface area contributed by atoms with Crippen LogP contribution in [0.1, 0.15) is 32.9 Å². The van der Waals surface area contributed by atoms with E-state index >= 15 is 0 Å². The molecule has 0 radical (unpaired) electrons. The number of hydrogen-bond donors (Lipinski definition) is 3. The molecule has 0 aliphatic heterocycles. The fourth-order valence-electron chi connectivity index (χ4n) is 1.03. The Morgan fingerprint density at radius 3 is 2.80 bits per heavy atom. The summed E-state index contributed by atoms with van der Waals surface area (Å²) < 4.78 is 0. The average molecular weight is 210 g/mol. The van der Waals surface area contributed by atoms with Gasteiger partial charge >= 0.3 is 0 Å². The summed E-state index contributed by atoms with van der Waals surface area (Å²) in [6, 6.07) is 1.81. The largest absolute Gasteiger partial charge is 0.318 e. The molecule has 0 saturated heterocycles. The first-order valence-corrected chi connectivity index (χ1v) is 5.14. The van der Waals surface area contributed by atoms with Crippen molar-refractivity contribution in [3.8, 4) is 0 Å². The summed E-state index contributed by atoms with van der Waals surface area (Å²) in [6.45, 7) is 5.59. The molecule has 0 fully saturated rings. The number of nitrogens with one attached hydrogen (secondary N) is 2. The van der Waals surface area contributed by atoms with Crippen LogP contribution in [0.25, 0.3) is 0 Å². The number of amides is 1. The molecule has 1 rings (SSSR count). The highest BCUT2D eigenvalue weighted by atomic mass is 16.2. The number of carbonyl (C=O) groups is 1. The topological polar surface area (TPSA) is 83.8 Å². The van der Waals surface area contributed by atoms with Crippen LogP contribution in [0.5, 0.6) is 0 Å². The van der Waals surface area contributed by atoms with Gasteiger partial charge in [0.25, 0.3) is 0 Å². The zero-order chi connectivity index (χ0) is 11.5. The van der Waals surface area contributed by atoms with Gasteiger partial charge < -0.3 is 11.1 Å². The number of aryl methyl sites for hydroxylation is 1. The molecule has 1 aromatic heterocycles. The quantitative estimate of drug-likeness (QED) is 0.694. The van der Waals surface area contributed by atoms with Crippen LogP contribution in [0, 0.1) is 0 Å². The predicted molar refractivity (Wildman–Crippen MR) is 59.5 cm³/mol. The SMILES string of the molecule is CCc1cc(NC(=O)C(C)(N)CC)n[nH]1. The lowest BCUT2D eigenvalue weighted by atomic mass is 10.00. The lowest BCUT2D eigenvalue weighted by Gasteiger charge is -2.20. The Morgan fingerprint density at radius 1 is 1.67 bits per heavy atom. The summed E-state index contributed by atoms with van der Waals surface area (Å²) in [7, 11) is 0. The second-order valence-electron chi connectivity index (χ2n) is 3.86. The maximum atomic E-state index is 11.7. The molecule has 0 aliphatic rings. The van der Waals surface area contributed by atoms with Crippen molar-refractivity contribution in [1.29, 1.82) is 0 Å². The molecule has 0 aliphatic carbocycles. The van der Waals surface area contributed by atoms with E-state index < -0.39 is 5.54 Å². The van der Waals surface area contributed by atoms with Gasteiger partial charge in [-0.3, -0.25) is 9.89 Å². The number of nitrogens with zero attached hydrogens (tertiary/aromatic N) is 1. The fourth-order valence-corrected chi connectivity index (χ4v) is 1.03. The number of anilines is 1. The first kappa shape index (κ1) is 11.7. The second kappa shape index (κ2) is 4.44. The minimum atomic E-state index is -0.842. The van der Waals surface area contributed by atoms with Crippen molar-refractivity contribution < 1.29 is 4.79 Å². The molecule has 15 heavy (non-hydrogen) atoms. The van der Waals surface area contributed by atoms with E-state index in [2.05, 4.69) is 15.5 Å². The van der Waals surface area contributed by atoms with Gasteiger partial charge in [-0.05, 0) is 19.8 Å². The van der Waals surface area contributed by atoms with Crippen LogP contribution in [-0.2, 0) is 11.2 Å². The number of hydrogen-bond acceptors (Lipinski definition) is 3. The minimum Gasteiger partial charge on any atom is -0.318 e. The van der Waals surface area contributed by atoms with Crippen molar-refractivity contribution in [2.24, 2.45) is 5.73 Å². The van der Waals surface area contributed by atoms with E-state index in [0.717, 1.165) is 12.1 Å². The number of nitrogens with two attached hydrogens (primary N) is 1. The van der Waals surface area contributed by atoms with Crippen molar-refractivity contribution in [3.05, 3.63) is 11.8 Å². The monoisotopic (exact) mass is 210 g/mol. The lowest BCUT2D eigenvalue weighted by Crippen LogP contribution is -2.47. The lowest BCUT2D eigenvalue weighted by molar-refractivity contribution is -0.120. The Labute approximate surface area is 89.4 Å². The molecule has 0 saturated carbocycles. The van der Waals surface area contributed by atoms with Crippen molar-refractivity contribution >= 4 is 11.7 Å². The van der Waals surface area contributed by atoms with Crippen molar-refractivity contribution in [2.75, 3.05) is 5.32 Å². The fraction of sp³-hybridized carbons (Fsp3) is 0.600. The van der Waals surface area contributed by atoms with Crippen LogP contribution in [0.2, 0.25) is 0 Å². The van der Waals surface area contributed by atoms with Gasteiger partial charge in [-0.15, -0.1) is 0 Å². The Bertz CT molecular complexity index is 343. The first-order chi connectivity index (χ1) is 6.99. The third-order valence-corrected chi connectivity index (χ3v) is 2.51. The van der Waals surface area contributed by atoms with Gasteiger partial charge in [0.05, 0.1) is 5.54 Å². The second-order valence-corrected chi connectivity index (χ2v) is 3.86. The molecule has 1 amide bonds. The molecule has 0 aromatic carbocycles. The molecule has 1 aromatic rings. The maximum Gasteiger partial charge on any atom is 0.245 e. The van der Waals surface area contributed by atoms with E-state index in [0.29, 0.717) is 12.2 Å². The summed E-state index contributed by atoms with van der Waals surface area (Å²) in [5, 5.41) is 9.47. The highest BCUT2D eigenvalue weighted by molar-refractivity contribution is 5.96. The highest BCUT2D eigenvalue weighted by Gasteiger charge is 2.26. The van der Waals surface area contributed by atoms with Crippen LogP contribution < -0.4 is 11.1 Å². The number of aromatic amines is 1. The van der Waals surface area contributed by atoms with E-state index in [9.17, 15) is 4.79 Å². The number of aromatic nitrogens is 2. The molecule has 5 nitrogen and oxygen atoms in total.